The lowest BCUT2D eigenvalue weighted by Gasteiger charge is -2.17. The van der Waals surface area contributed by atoms with Gasteiger partial charge in [0.2, 0.25) is 0 Å². The molecule has 3 aromatic rings. The Morgan fingerprint density at radius 3 is 2.86 bits per heavy atom. The topological polar surface area (TPSA) is 85.6 Å². The lowest BCUT2D eigenvalue weighted by atomic mass is 9.95. The lowest BCUT2D eigenvalue weighted by molar-refractivity contribution is 0.0944. The van der Waals surface area contributed by atoms with Crippen molar-refractivity contribution in [3.63, 3.8) is 0 Å². The lowest BCUT2D eigenvalue weighted by Crippen LogP contribution is -2.25. The molecule has 29 heavy (non-hydrogen) atoms. The Balaban J connectivity index is 1.34. The number of hydrogen-bond donors (Lipinski definition) is 1. The van der Waals surface area contributed by atoms with Crippen LogP contribution in [0.5, 0.6) is 0 Å². The van der Waals surface area contributed by atoms with Crippen molar-refractivity contribution in [2.75, 3.05) is 0 Å². The Labute approximate surface area is 169 Å². The molecule has 1 aliphatic carbocycles. The van der Waals surface area contributed by atoms with Crippen LogP contribution in [0.25, 0.3) is 6.08 Å². The van der Waals surface area contributed by atoms with Crippen molar-refractivity contribution in [1.82, 2.24) is 30.3 Å². The highest BCUT2D eigenvalue weighted by Gasteiger charge is 2.16. The van der Waals surface area contributed by atoms with E-state index in [0.29, 0.717) is 12.4 Å². The predicted molar refractivity (Wildman–Crippen MR) is 110 cm³/mol. The van der Waals surface area contributed by atoms with Crippen LogP contribution in [-0.2, 0) is 25.9 Å². The van der Waals surface area contributed by atoms with Crippen LogP contribution in [0.4, 0.5) is 0 Å². The van der Waals surface area contributed by atoms with Crippen LogP contribution in [0.3, 0.4) is 0 Å². The average Bonchev–Trinajstić information content (AvgIpc) is 3.22. The van der Waals surface area contributed by atoms with Crippen molar-refractivity contribution in [1.29, 1.82) is 0 Å². The Kier molecular flexibility index (Phi) is 5.74. The maximum absolute atomic E-state index is 12.4. The van der Waals surface area contributed by atoms with E-state index in [0.717, 1.165) is 36.2 Å². The van der Waals surface area contributed by atoms with Gasteiger partial charge >= 0.3 is 0 Å². The normalized spacial score (nSPS) is 13.4. The number of rotatable bonds is 6. The first-order valence-corrected chi connectivity index (χ1v) is 9.94. The van der Waals surface area contributed by atoms with Gasteiger partial charge in [-0.15, -0.1) is 5.10 Å². The van der Waals surface area contributed by atoms with Gasteiger partial charge in [-0.25, -0.2) is 14.6 Å². The third kappa shape index (κ3) is 4.74. The first kappa shape index (κ1) is 19.0. The van der Waals surface area contributed by atoms with Crippen molar-refractivity contribution in [2.45, 2.75) is 45.7 Å². The molecule has 1 N–H and O–H groups in total. The summed E-state index contributed by atoms with van der Waals surface area (Å²) in [5.41, 5.74) is 4.83. The number of allylic oxidation sites excluding steroid dienone is 1. The molecule has 0 aliphatic heterocycles. The van der Waals surface area contributed by atoms with Gasteiger partial charge in [0.05, 0.1) is 19.3 Å². The number of aromatic nitrogens is 5. The smallest absolute Gasteiger partial charge is 0.273 e. The summed E-state index contributed by atoms with van der Waals surface area (Å²) in [5.74, 6) is 0.372. The monoisotopic (exact) mass is 388 g/mol. The maximum atomic E-state index is 12.4. The van der Waals surface area contributed by atoms with E-state index in [-0.39, 0.29) is 18.1 Å². The van der Waals surface area contributed by atoms with Gasteiger partial charge in [-0.1, -0.05) is 47.7 Å². The predicted octanol–water partition coefficient (Wildman–Crippen LogP) is 2.90. The fraction of sp³-hybridized carbons (Fsp3) is 0.318. The van der Waals surface area contributed by atoms with Crippen LogP contribution in [0, 0.1) is 6.92 Å². The highest BCUT2D eigenvalue weighted by molar-refractivity contribution is 5.91. The second kappa shape index (κ2) is 8.77. The van der Waals surface area contributed by atoms with Gasteiger partial charge < -0.3 is 5.32 Å². The molecule has 1 aromatic carbocycles. The molecule has 0 saturated carbocycles. The van der Waals surface area contributed by atoms with Crippen molar-refractivity contribution < 1.29 is 4.79 Å². The minimum Gasteiger partial charge on any atom is -0.343 e. The molecule has 0 radical (unpaired) electrons. The molecule has 0 bridgehead atoms. The molecule has 1 amide bonds. The molecule has 0 fully saturated rings. The number of nitrogens with zero attached hydrogens (tertiary/aromatic N) is 5. The summed E-state index contributed by atoms with van der Waals surface area (Å²) < 4.78 is 1.63. The second-order valence-electron chi connectivity index (χ2n) is 7.18. The Morgan fingerprint density at radius 2 is 2.00 bits per heavy atom. The zero-order valence-corrected chi connectivity index (χ0v) is 16.5. The van der Waals surface area contributed by atoms with Crippen molar-refractivity contribution in [2.24, 2.45) is 0 Å². The van der Waals surface area contributed by atoms with Gasteiger partial charge in [0.15, 0.2) is 5.69 Å². The number of nitrogens with one attached hydrogen (secondary N) is 1. The van der Waals surface area contributed by atoms with E-state index >= 15 is 0 Å². The van der Waals surface area contributed by atoms with Crippen LogP contribution in [0.15, 0.2) is 42.6 Å². The van der Waals surface area contributed by atoms with E-state index < -0.39 is 0 Å². The number of aryl methyl sites for hydroxylation is 2. The number of carbonyl (C=O) groups excluding carboxylic acids is 1. The summed E-state index contributed by atoms with van der Waals surface area (Å²) in [5, 5.41) is 10.8. The summed E-state index contributed by atoms with van der Waals surface area (Å²) in [6.07, 6.45) is 10.0. The Morgan fingerprint density at radius 1 is 1.17 bits per heavy atom. The molecule has 2 heterocycles. The maximum Gasteiger partial charge on any atom is 0.273 e. The Bertz CT molecular complexity index is 1030. The summed E-state index contributed by atoms with van der Waals surface area (Å²) >= 11 is 0. The van der Waals surface area contributed by atoms with E-state index in [2.05, 4.69) is 25.6 Å². The molecule has 0 unspecified atom stereocenters. The molecule has 2 aromatic heterocycles. The van der Waals surface area contributed by atoms with E-state index in [1.165, 1.54) is 12.0 Å². The second-order valence-corrected chi connectivity index (χ2v) is 7.18. The number of benzene rings is 1. The highest BCUT2D eigenvalue weighted by Crippen LogP contribution is 2.21. The number of fused-ring (bicyclic) bond motifs is 1. The number of amides is 1. The standard InChI is InChI=1S/C22H24N6O/c1-16-18-11-5-6-12-19(18)25-21(24-16)14-23-22(29)20-15-28(27-26-20)13-7-10-17-8-3-2-4-9-17/h2-4,7-10,15H,5-6,11-14H2,1H3,(H,23,29)/b10-7+. The van der Waals surface area contributed by atoms with Crippen molar-refractivity contribution in [3.8, 4) is 0 Å². The van der Waals surface area contributed by atoms with Crippen LogP contribution < -0.4 is 5.32 Å². The summed E-state index contributed by atoms with van der Waals surface area (Å²) in [6.45, 7) is 2.85. The molecule has 7 heteroatoms. The molecule has 0 atom stereocenters. The first-order chi connectivity index (χ1) is 14.2. The fourth-order valence-corrected chi connectivity index (χ4v) is 3.53. The summed E-state index contributed by atoms with van der Waals surface area (Å²) in [4.78, 5) is 21.6. The number of carbonyl (C=O) groups is 1. The third-order valence-corrected chi connectivity index (χ3v) is 5.02. The van der Waals surface area contributed by atoms with Gasteiger partial charge in [-0.05, 0) is 43.7 Å². The first-order valence-electron chi connectivity index (χ1n) is 9.94. The summed E-state index contributed by atoms with van der Waals surface area (Å²) in [6, 6.07) is 10.0. The zero-order valence-electron chi connectivity index (χ0n) is 16.5. The van der Waals surface area contributed by atoms with Gasteiger partial charge in [0.1, 0.15) is 5.82 Å². The molecular weight excluding hydrogens is 364 g/mol. The quantitative estimate of drug-likeness (QED) is 0.702. The molecular formula is C22H24N6O. The Hall–Kier alpha value is -3.35. The third-order valence-electron chi connectivity index (χ3n) is 5.02. The van der Waals surface area contributed by atoms with Gasteiger partial charge in [-0.3, -0.25) is 4.79 Å². The fourth-order valence-electron chi connectivity index (χ4n) is 3.53. The molecule has 0 spiro atoms. The van der Waals surface area contributed by atoms with E-state index in [1.807, 2.05) is 49.4 Å². The van der Waals surface area contributed by atoms with Crippen molar-refractivity contribution in [3.05, 3.63) is 76.6 Å². The molecule has 4 rings (SSSR count). The van der Waals surface area contributed by atoms with Gasteiger partial charge in [0, 0.05) is 11.4 Å². The SMILES string of the molecule is Cc1nc(CNC(=O)c2cn(C/C=C/c3ccccc3)nn2)nc2c1CCCC2. The van der Waals surface area contributed by atoms with Crippen molar-refractivity contribution >= 4 is 12.0 Å². The van der Waals surface area contributed by atoms with Crippen LogP contribution in [0.2, 0.25) is 0 Å². The molecule has 7 nitrogen and oxygen atoms in total. The minimum absolute atomic E-state index is 0.276. The molecule has 0 saturated heterocycles. The van der Waals surface area contributed by atoms with E-state index in [9.17, 15) is 4.79 Å². The van der Waals surface area contributed by atoms with Crippen LogP contribution in [-0.4, -0.2) is 30.9 Å². The highest BCUT2D eigenvalue weighted by atomic mass is 16.2. The van der Waals surface area contributed by atoms with Gasteiger partial charge in [0.25, 0.3) is 5.91 Å². The zero-order chi connectivity index (χ0) is 20.1. The van der Waals surface area contributed by atoms with Crippen LogP contribution in [0.1, 0.15) is 51.7 Å². The summed E-state index contributed by atoms with van der Waals surface area (Å²) in [7, 11) is 0. The average molecular weight is 388 g/mol. The molecule has 148 valence electrons. The van der Waals surface area contributed by atoms with Gasteiger partial charge in [-0.2, -0.15) is 0 Å². The largest absolute Gasteiger partial charge is 0.343 e. The van der Waals surface area contributed by atoms with E-state index in [1.54, 1.807) is 10.9 Å². The minimum atomic E-state index is -0.276. The van der Waals surface area contributed by atoms with Crippen LogP contribution >= 0.6 is 0 Å². The van der Waals surface area contributed by atoms with E-state index in [4.69, 9.17) is 0 Å². The number of hydrogen-bond acceptors (Lipinski definition) is 5. The molecule has 1 aliphatic rings.